The van der Waals surface area contributed by atoms with Crippen molar-refractivity contribution in [2.45, 2.75) is 13.8 Å². The van der Waals surface area contributed by atoms with Crippen molar-refractivity contribution in [1.29, 1.82) is 0 Å². The first kappa shape index (κ1) is 15.2. The minimum atomic E-state index is -0.469. The van der Waals surface area contributed by atoms with E-state index in [4.69, 9.17) is 4.74 Å². The highest BCUT2D eigenvalue weighted by atomic mass is 79.9. The van der Waals surface area contributed by atoms with Gasteiger partial charge in [0.2, 0.25) is 17.6 Å². The van der Waals surface area contributed by atoms with Crippen LogP contribution < -0.4 is 10.1 Å². The number of nitrogens with one attached hydrogen (secondary N) is 1. The Morgan fingerprint density at radius 2 is 2.10 bits per heavy atom. The maximum atomic E-state index is 11.2. The second-order valence-corrected chi connectivity index (χ2v) is 5.24. The third-order valence-corrected chi connectivity index (χ3v) is 3.27. The summed E-state index contributed by atoms with van der Waals surface area (Å²) in [6, 6.07) is 3.28. The van der Waals surface area contributed by atoms with Crippen molar-refractivity contribution in [2.75, 3.05) is 12.4 Å². The first-order chi connectivity index (χ1) is 9.92. The molecule has 0 spiro atoms. The lowest BCUT2D eigenvalue weighted by molar-refractivity contribution is -0.385. The van der Waals surface area contributed by atoms with E-state index in [0.717, 1.165) is 5.56 Å². The van der Waals surface area contributed by atoms with E-state index in [1.54, 1.807) is 20.9 Å². The van der Waals surface area contributed by atoms with E-state index >= 15 is 0 Å². The average molecular weight is 353 g/mol. The molecule has 110 valence electrons. The molecule has 1 N–H and O–H groups in total. The number of hydrogen-bond acceptors (Lipinski definition) is 6. The van der Waals surface area contributed by atoms with Crippen LogP contribution in [0, 0.1) is 24.0 Å². The van der Waals surface area contributed by atoms with Gasteiger partial charge >= 0.3 is 5.69 Å². The molecule has 0 atom stereocenters. The zero-order valence-corrected chi connectivity index (χ0v) is 13.3. The van der Waals surface area contributed by atoms with E-state index in [1.165, 1.54) is 12.3 Å². The van der Waals surface area contributed by atoms with Crippen LogP contribution in [0.2, 0.25) is 0 Å². The molecule has 21 heavy (non-hydrogen) atoms. The van der Waals surface area contributed by atoms with Gasteiger partial charge in [-0.2, -0.15) is 4.98 Å². The highest BCUT2D eigenvalue weighted by molar-refractivity contribution is 9.10. The molecule has 0 unspecified atom stereocenters. The molecule has 2 aromatic rings. The molecular formula is C13H13BrN4O3. The Labute approximate surface area is 129 Å². The Morgan fingerprint density at radius 3 is 2.71 bits per heavy atom. The number of nitrogens with zero attached hydrogens (tertiary/aromatic N) is 3. The molecule has 1 aromatic heterocycles. The summed E-state index contributed by atoms with van der Waals surface area (Å²) < 4.78 is 6.16. The topological polar surface area (TPSA) is 90.2 Å². The van der Waals surface area contributed by atoms with Gasteiger partial charge in [-0.25, -0.2) is 4.98 Å². The summed E-state index contributed by atoms with van der Waals surface area (Å²) in [7, 11) is 1.67. The number of halogens is 1. The zero-order chi connectivity index (χ0) is 15.6. The van der Waals surface area contributed by atoms with E-state index in [1.807, 2.05) is 6.07 Å². The lowest BCUT2D eigenvalue weighted by Crippen LogP contribution is -2.01. The van der Waals surface area contributed by atoms with Crippen molar-refractivity contribution in [3.63, 3.8) is 0 Å². The van der Waals surface area contributed by atoms with Crippen LogP contribution in [0.1, 0.15) is 11.1 Å². The largest absolute Gasteiger partial charge is 0.430 e. The number of anilines is 1. The second-order valence-electron chi connectivity index (χ2n) is 4.39. The summed E-state index contributed by atoms with van der Waals surface area (Å²) in [4.78, 5) is 18.9. The molecule has 0 bridgehead atoms. The van der Waals surface area contributed by atoms with E-state index in [9.17, 15) is 10.1 Å². The normalized spacial score (nSPS) is 10.3. The fraction of sp³-hybridized carbons (Fsp3) is 0.231. The molecule has 0 aliphatic carbocycles. The summed E-state index contributed by atoms with van der Waals surface area (Å²) in [6.07, 6.45) is 1.52. The van der Waals surface area contributed by atoms with Crippen molar-refractivity contribution in [3.8, 4) is 11.6 Å². The van der Waals surface area contributed by atoms with Gasteiger partial charge in [-0.3, -0.25) is 10.1 Å². The van der Waals surface area contributed by atoms with Gasteiger partial charge in [0.05, 0.1) is 15.6 Å². The van der Waals surface area contributed by atoms with Crippen LogP contribution in [0.3, 0.4) is 0 Å². The third kappa shape index (κ3) is 3.27. The lowest BCUT2D eigenvalue weighted by atomic mass is 10.1. The summed E-state index contributed by atoms with van der Waals surface area (Å²) in [5, 5.41) is 14.0. The Bertz CT molecular complexity index is 706. The summed E-state index contributed by atoms with van der Waals surface area (Å²) in [5.74, 6) is 0.747. The van der Waals surface area contributed by atoms with Crippen LogP contribution in [-0.4, -0.2) is 21.9 Å². The Balaban J connectivity index is 2.51. The number of aromatic nitrogens is 2. The van der Waals surface area contributed by atoms with Gasteiger partial charge < -0.3 is 10.1 Å². The van der Waals surface area contributed by atoms with E-state index in [0.29, 0.717) is 16.0 Å². The fourth-order valence-corrected chi connectivity index (χ4v) is 2.11. The van der Waals surface area contributed by atoms with Gasteiger partial charge in [-0.15, -0.1) is 0 Å². The van der Waals surface area contributed by atoms with Gasteiger partial charge in [-0.05, 0) is 40.9 Å². The molecule has 0 saturated carbocycles. The van der Waals surface area contributed by atoms with E-state index < -0.39 is 4.92 Å². The predicted molar refractivity (Wildman–Crippen MR) is 81.9 cm³/mol. The molecule has 0 fully saturated rings. The monoisotopic (exact) mass is 352 g/mol. The maximum absolute atomic E-state index is 11.2. The Morgan fingerprint density at radius 1 is 1.38 bits per heavy atom. The molecule has 1 heterocycles. The van der Waals surface area contributed by atoms with Crippen molar-refractivity contribution in [1.82, 2.24) is 9.97 Å². The first-order valence-electron chi connectivity index (χ1n) is 6.06. The van der Waals surface area contributed by atoms with Gasteiger partial charge in [0, 0.05) is 13.1 Å². The number of nitro groups is 1. The quantitative estimate of drug-likeness (QED) is 0.667. The van der Waals surface area contributed by atoms with Crippen LogP contribution in [0.5, 0.6) is 11.6 Å². The lowest BCUT2D eigenvalue weighted by Gasteiger charge is -2.11. The molecule has 2 rings (SSSR count). The molecule has 0 amide bonds. The van der Waals surface area contributed by atoms with Gasteiger partial charge in [-0.1, -0.05) is 6.07 Å². The highest BCUT2D eigenvalue weighted by Crippen LogP contribution is 2.37. The van der Waals surface area contributed by atoms with Crippen molar-refractivity contribution in [3.05, 3.63) is 44.0 Å². The number of hydrogen-bond donors (Lipinski definition) is 1. The van der Waals surface area contributed by atoms with Gasteiger partial charge in [0.25, 0.3) is 0 Å². The van der Waals surface area contributed by atoms with Crippen molar-refractivity contribution >= 4 is 27.6 Å². The molecule has 0 radical (unpaired) electrons. The minimum absolute atomic E-state index is 0.0935. The van der Waals surface area contributed by atoms with Crippen molar-refractivity contribution in [2.24, 2.45) is 0 Å². The van der Waals surface area contributed by atoms with E-state index in [-0.39, 0.29) is 17.3 Å². The molecule has 0 saturated heterocycles. The zero-order valence-electron chi connectivity index (χ0n) is 11.7. The Kier molecular flexibility index (Phi) is 4.37. The summed E-state index contributed by atoms with van der Waals surface area (Å²) in [6.45, 7) is 3.55. The van der Waals surface area contributed by atoms with E-state index in [2.05, 4.69) is 31.2 Å². The summed E-state index contributed by atoms with van der Waals surface area (Å²) >= 11 is 3.27. The molecule has 0 aliphatic heterocycles. The number of ether oxygens (including phenoxy) is 1. The average Bonchev–Trinajstić information content (AvgIpc) is 2.43. The van der Waals surface area contributed by atoms with Gasteiger partial charge in [0.15, 0.2) is 0 Å². The summed E-state index contributed by atoms with van der Waals surface area (Å²) in [5.41, 5.74) is 1.37. The smallest absolute Gasteiger partial charge is 0.312 e. The standard InChI is InChI=1S/C13H13BrN4O3/c1-7-4-8(2)11(10(5-7)18(19)20)21-12-9(14)6-16-13(15-3)17-12/h4-6H,1-3H3,(H,15,16,17). The Hall–Kier alpha value is -2.22. The van der Waals surface area contributed by atoms with Crippen LogP contribution in [-0.2, 0) is 0 Å². The predicted octanol–water partition coefficient (Wildman–Crippen LogP) is 3.60. The minimum Gasteiger partial charge on any atom is -0.430 e. The van der Waals surface area contributed by atoms with Crippen molar-refractivity contribution < 1.29 is 9.66 Å². The third-order valence-electron chi connectivity index (χ3n) is 2.73. The molecule has 7 nitrogen and oxygen atoms in total. The molecular weight excluding hydrogens is 340 g/mol. The van der Waals surface area contributed by atoms with Gasteiger partial charge in [0.1, 0.15) is 0 Å². The second kappa shape index (κ2) is 6.04. The molecule has 0 aliphatic rings. The highest BCUT2D eigenvalue weighted by Gasteiger charge is 2.21. The van der Waals surface area contributed by atoms with Crippen LogP contribution in [0.25, 0.3) is 0 Å². The van der Waals surface area contributed by atoms with Crippen LogP contribution in [0.4, 0.5) is 11.6 Å². The number of rotatable bonds is 4. The SMILES string of the molecule is CNc1ncc(Br)c(Oc2c(C)cc(C)cc2[N+](=O)[O-])n1. The molecule has 1 aromatic carbocycles. The number of aryl methyl sites for hydroxylation is 2. The maximum Gasteiger partial charge on any atom is 0.312 e. The van der Waals surface area contributed by atoms with Crippen LogP contribution >= 0.6 is 15.9 Å². The number of nitro benzene ring substituents is 1. The fourth-order valence-electron chi connectivity index (χ4n) is 1.84. The molecule has 8 heteroatoms. The van der Waals surface area contributed by atoms with Crippen LogP contribution in [0.15, 0.2) is 22.8 Å². The number of benzene rings is 1. The first-order valence-corrected chi connectivity index (χ1v) is 6.85.